The summed E-state index contributed by atoms with van der Waals surface area (Å²) in [5.74, 6) is -0.615. The van der Waals surface area contributed by atoms with Crippen LogP contribution in [0.15, 0.2) is 69.3 Å². The molecule has 0 aliphatic rings. The molecule has 4 rings (SSSR count). The SMILES string of the molecule is O=C(CCn1c(=O)oc2ccccc21)Nc1ccc(-c2nccs2)cc1. The molecule has 0 atom stereocenters. The summed E-state index contributed by atoms with van der Waals surface area (Å²) in [5, 5.41) is 5.70. The second-order valence-electron chi connectivity index (χ2n) is 5.70. The summed E-state index contributed by atoms with van der Waals surface area (Å²) < 4.78 is 6.64. The van der Waals surface area contributed by atoms with Crippen molar-refractivity contribution in [3.8, 4) is 10.6 Å². The van der Waals surface area contributed by atoms with Crippen LogP contribution in [0.3, 0.4) is 0 Å². The van der Waals surface area contributed by atoms with E-state index in [2.05, 4.69) is 10.3 Å². The number of amides is 1. The smallest absolute Gasteiger partial charge is 0.408 e. The van der Waals surface area contributed by atoms with E-state index in [0.717, 1.165) is 10.6 Å². The predicted octanol–water partition coefficient (Wildman–Crippen LogP) is 3.75. The lowest BCUT2D eigenvalue weighted by Crippen LogP contribution is -2.19. The van der Waals surface area contributed by atoms with Crippen LogP contribution in [-0.2, 0) is 11.3 Å². The fourth-order valence-corrected chi connectivity index (χ4v) is 3.37. The van der Waals surface area contributed by atoms with Crippen LogP contribution in [0.4, 0.5) is 5.69 Å². The number of carbonyl (C=O) groups is 1. The quantitative estimate of drug-likeness (QED) is 0.584. The maximum atomic E-state index is 12.2. The lowest BCUT2D eigenvalue weighted by molar-refractivity contribution is -0.116. The lowest BCUT2D eigenvalue weighted by atomic mass is 10.2. The number of benzene rings is 2. The third kappa shape index (κ3) is 3.29. The molecule has 7 heteroatoms. The topological polar surface area (TPSA) is 77.1 Å². The molecule has 0 aliphatic carbocycles. The molecule has 2 aromatic heterocycles. The molecule has 2 heterocycles. The number of anilines is 1. The number of fused-ring (bicyclic) bond motifs is 1. The van der Waals surface area contributed by atoms with Gasteiger partial charge >= 0.3 is 5.76 Å². The highest BCUT2D eigenvalue weighted by molar-refractivity contribution is 7.13. The van der Waals surface area contributed by atoms with Crippen LogP contribution in [-0.4, -0.2) is 15.5 Å². The summed E-state index contributed by atoms with van der Waals surface area (Å²) in [6, 6.07) is 14.7. The van der Waals surface area contributed by atoms with Gasteiger partial charge in [-0.3, -0.25) is 9.36 Å². The van der Waals surface area contributed by atoms with E-state index in [9.17, 15) is 9.59 Å². The summed E-state index contributed by atoms with van der Waals surface area (Å²) in [4.78, 5) is 28.4. The first-order valence-electron chi connectivity index (χ1n) is 8.09. The molecule has 1 amide bonds. The zero-order valence-electron chi connectivity index (χ0n) is 13.7. The largest absolute Gasteiger partial charge is 0.419 e. The van der Waals surface area contributed by atoms with Gasteiger partial charge in [0.25, 0.3) is 0 Å². The number of hydrogen-bond acceptors (Lipinski definition) is 5. The van der Waals surface area contributed by atoms with Crippen LogP contribution >= 0.6 is 11.3 Å². The molecule has 0 saturated carbocycles. The van der Waals surface area contributed by atoms with E-state index in [-0.39, 0.29) is 18.9 Å². The minimum atomic E-state index is -0.452. The molecule has 2 aromatic carbocycles. The van der Waals surface area contributed by atoms with Gasteiger partial charge in [-0.1, -0.05) is 12.1 Å². The van der Waals surface area contributed by atoms with Crippen molar-refractivity contribution in [3.63, 3.8) is 0 Å². The maximum Gasteiger partial charge on any atom is 0.419 e. The monoisotopic (exact) mass is 365 g/mol. The molecule has 0 bridgehead atoms. The van der Waals surface area contributed by atoms with Gasteiger partial charge in [0.2, 0.25) is 5.91 Å². The number of nitrogens with zero attached hydrogens (tertiary/aromatic N) is 2. The number of carbonyl (C=O) groups excluding carboxylic acids is 1. The molecule has 6 nitrogen and oxygen atoms in total. The van der Waals surface area contributed by atoms with Crippen LogP contribution in [0.2, 0.25) is 0 Å². The predicted molar refractivity (Wildman–Crippen MR) is 101 cm³/mol. The van der Waals surface area contributed by atoms with E-state index < -0.39 is 5.76 Å². The van der Waals surface area contributed by atoms with E-state index in [0.29, 0.717) is 16.8 Å². The first kappa shape index (κ1) is 16.3. The van der Waals surface area contributed by atoms with Gasteiger partial charge in [-0.15, -0.1) is 11.3 Å². The van der Waals surface area contributed by atoms with E-state index in [1.54, 1.807) is 35.7 Å². The van der Waals surface area contributed by atoms with Crippen molar-refractivity contribution in [2.24, 2.45) is 0 Å². The molecule has 0 unspecified atom stereocenters. The highest BCUT2D eigenvalue weighted by atomic mass is 32.1. The minimum absolute atomic E-state index is 0.163. The number of rotatable bonds is 5. The number of oxazole rings is 1. The van der Waals surface area contributed by atoms with Gasteiger partial charge in [-0.05, 0) is 36.4 Å². The average molecular weight is 365 g/mol. The number of aryl methyl sites for hydroxylation is 1. The fourth-order valence-electron chi connectivity index (χ4n) is 2.72. The first-order valence-corrected chi connectivity index (χ1v) is 8.97. The number of thiazole rings is 1. The molecule has 0 spiro atoms. The molecule has 4 aromatic rings. The zero-order chi connectivity index (χ0) is 17.9. The fraction of sp³-hybridized carbons (Fsp3) is 0.105. The Kier molecular flexibility index (Phi) is 4.37. The van der Waals surface area contributed by atoms with Gasteiger partial charge in [0.1, 0.15) is 5.01 Å². The molecule has 0 aliphatic heterocycles. The molecule has 26 heavy (non-hydrogen) atoms. The van der Waals surface area contributed by atoms with E-state index >= 15 is 0 Å². The molecular weight excluding hydrogens is 350 g/mol. The highest BCUT2D eigenvalue weighted by Crippen LogP contribution is 2.23. The third-order valence-corrected chi connectivity index (χ3v) is 4.81. The van der Waals surface area contributed by atoms with Crippen LogP contribution in [0.1, 0.15) is 6.42 Å². The summed E-state index contributed by atoms with van der Waals surface area (Å²) in [6.45, 7) is 0.263. The van der Waals surface area contributed by atoms with Crippen LogP contribution in [0.25, 0.3) is 21.7 Å². The molecule has 130 valence electrons. The third-order valence-electron chi connectivity index (χ3n) is 3.98. The average Bonchev–Trinajstić information content (AvgIpc) is 3.28. The second-order valence-corrected chi connectivity index (χ2v) is 6.59. The molecule has 1 N–H and O–H groups in total. The van der Waals surface area contributed by atoms with Crippen molar-refractivity contribution in [3.05, 3.63) is 70.7 Å². The van der Waals surface area contributed by atoms with Crippen LogP contribution in [0.5, 0.6) is 0 Å². The Labute approximate surface area is 152 Å². The van der Waals surface area contributed by atoms with Gasteiger partial charge in [0, 0.05) is 35.8 Å². The molecule has 0 radical (unpaired) electrons. The summed E-state index contributed by atoms with van der Waals surface area (Å²) >= 11 is 1.56. The first-order chi connectivity index (χ1) is 12.7. The normalized spacial score (nSPS) is 10.9. The number of aromatic nitrogens is 2. The minimum Gasteiger partial charge on any atom is -0.408 e. The van der Waals surface area contributed by atoms with E-state index in [4.69, 9.17) is 4.42 Å². The van der Waals surface area contributed by atoms with Gasteiger partial charge in [0.15, 0.2) is 5.58 Å². The Balaban J connectivity index is 1.41. The second kappa shape index (κ2) is 6.97. The number of nitrogens with one attached hydrogen (secondary N) is 1. The van der Waals surface area contributed by atoms with Crippen molar-refractivity contribution in [2.45, 2.75) is 13.0 Å². The van der Waals surface area contributed by atoms with Crippen molar-refractivity contribution < 1.29 is 9.21 Å². The summed E-state index contributed by atoms with van der Waals surface area (Å²) in [7, 11) is 0. The Hall–Kier alpha value is -3.19. The molecular formula is C19H15N3O3S. The van der Waals surface area contributed by atoms with Crippen molar-refractivity contribution in [1.82, 2.24) is 9.55 Å². The van der Waals surface area contributed by atoms with Gasteiger partial charge < -0.3 is 9.73 Å². The Morgan fingerprint density at radius 2 is 1.96 bits per heavy atom. The zero-order valence-corrected chi connectivity index (χ0v) is 14.5. The van der Waals surface area contributed by atoms with Crippen molar-refractivity contribution in [2.75, 3.05) is 5.32 Å². The Bertz CT molecular complexity index is 1100. The standard InChI is InChI=1S/C19H15N3O3S/c23-17(9-11-22-15-3-1-2-4-16(15)25-19(22)24)21-14-7-5-13(6-8-14)18-20-10-12-26-18/h1-8,10,12H,9,11H2,(H,21,23). The number of hydrogen-bond donors (Lipinski definition) is 1. The maximum absolute atomic E-state index is 12.2. The van der Waals surface area contributed by atoms with Gasteiger partial charge in [-0.2, -0.15) is 0 Å². The highest BCUT2D eigenvalue weighted by Gasteiger charge is 2.10. The van der Waals surface area contributed by atoms with E-state index in [1.807, 2.05) is 35.7 Å². The molecule has 0 fully saturated rings. The van der Waals surface area contributed by atoms with Crippen molar-refractivity contribution in [1.29, 1.82) is 0 Å². The number of para-hydroxylation sites is 2. The van der Waals surface area contributed by atoms with E-state index in [1.165, 1.54) is 4.57 Å². The summed E-state index contributed by atoms with van der Waals surface area (Å²) in [6.07, 6.45) is 1.94. The van der Waals surface area contributed by atoms with Gasteiger partial charge in [-0.25, -0.2) is 9.78 Å². The molecule has 0 saturated heterocycles. The summed E-state index contributed by atoms with van der Waals surface area (Å²) in [5.41, 5.74) is 2.93. The van der Waals surface area contributed by atoms with Crippen LogP contribution < -0.4 is 11.1 Å². The van der Waals surface area contributed by atoms with Crippen molar-refractivity contribution >= 4 is 34.0 Å². The van der Waals surface area contributed by atoms with Crippen LogP contribution in [0, 0.1) is 0 Å². The lowest BCUT2D eigenvalue weighted by Gasteiger charge is -2.06. The Morgan fingerprint density at radius 3 is 2.73 bits per heavy atom. The van der Waals surface area contributed by atoms with Gasteiger partial charge in [0.05, 0.1) is 5.52 Å². The Morgan fingerprint density at radius 1 is 1.15 bits per heavy atom.